The van der Waals surface area contributed by atoms with E-state index >= 15 is 0 Å². The molecular formula is C13H15F2N3O2. The fourth-order valence-electron chi connectivity index (χ4n) is 3.21. The molecule has 2 saturated heterocycles. The number of hydrogen-bond donors (Lipinski definition) is 2. The van der Waals surface area contributed by atoms with Crippen molar-refractivity contribution in [1.82, 2.24) is 5.32 Å². The van der Waals surface area contributed by atoms with Gasteiger partial charge in [0.1, 0.15) is 0 Å². The predicted octanol–water partition coefficient (Wildman–Crippen LogP) is 2.57. The molecule has 1 aromatic rings. The van der Waals surface area contributed by atoms with Crippen LogP contribution in [0.2, 0.25) is 0 Å². The van der Waals surface area contributed by atoms with E-state index in [1.54, 1.807) is 0 Å². The fraction of sp³-hybridized carbons (Fsp3) is 0.538. The molecule has 2 heterocycles. The van der Waals surface area contributed by atoms with Gasteiger partial charge in [0, 0.05) is 24.2 Å². The molecule has 108 valence electrons. The van der Waals surface area contributed by atoms with E-state index in [4.69, 9.17) is 0 Å². The second kappa shape index (κ2) is 4.97. The van der Waals surface area contributed by atoms with Gasteiger partial charge in [0.05, 0.1) is 4.92 Å². The molecule has 0 aromatic heterocycles. The summed E-state index contributed by atoms with van der Waals surface area (Å²) in [5.74, 6) is -2.25. The van der Waals surface area contributed by atoms with Gasteiger partial charge < -0.3 is 10.6 Å². The summed E-state index contributed by atoms with van der Waals surface area (Å²) in [4.78, 5) is 10.2. The maximum Gasteiger partial charge on any atom is 0.295 e. The molecule has 2 aliphatic heterocycles. The van der Waals surface area contributed by atoms with Crippen LogP contribution in [-0.4, -0.2) is 23.0 Å². The number of nitro groups is 1. The lowest BCUT2D eigenvalue weighted by atomic mass is 9.99. The number of nitrogens with zero attached hydrogens (tertiary/aromatic N) is 1. The second-order valence-electron chi connectivity index (χ2n) is 5.46. The molecule has 5 nitrogen and oxygen atoms in total. The number of halogens is 2. The summed E-state index contributed by atoms with van der Waals surface area (Å²) in [6.45, 7) is 0. The molecule has 0 spiro atoms. The highest BCUT2D eigenvalue weighted by molar-refractivity contribution is 5.63. The van der Waals surface area contributed by atoms with Gasteiger partial charge in [0.15, 0.2) is 17.3 Å². The minimum absolute atomic E-state index is 0.0660. The van der Waals surface area contributed by atoms with Crippen molar-refractivity contribution < 1.29 is 13.7 Å². The average Bonchev–Trinajstić information content (AvgIpc) is 2.74. The Labute approximate surface area is 114 Å². The van der Waals surface area contributed by atoms with Gasteiger partial charge >= 0.3 is 0 Å². The van der Waals surface area contributed by atoms with Gasteiger partial charge in [0.25, 0.3) is 5.69 Å². The number of nitrogens with one attached hydrogen (secondary N) is 2. The van der Waals surface area contributed by atoms with Crippen molar-refractivity contribution in [3.63, 3.8) is 0 Å². The first-order valence-electron chi connectivity index (χ1n) is 6.69. The number of piperidine rings is 1. The second-order valence-corrected chi connectivity index (χ2v) is 5.46. The van der Waals surface area contributed by atoms with Crippen molar-refractivity contribution in [2.45, 2.75) is 43.8 Å². The highest BCUT2D eigenvalue weighted by Gasteiger charge is 2.35. The van der Waals surface area contributed by atoms with Crippen LogP contribution in [0.3, 0.4) is 0 Å². The van der Waals surface area contributed by atoms with Crippen LogP contribution in [0.1, 0.15) is 25.7 Å². The minimum Gasteiger partial charge on any atom is -0.374 e. The Morgan fingerprint density at radius 3 is 2.50 bits per heavy atom. The van der Waals surface area contributed by atoms with Crippen LogP contribution >= 0.6 is 0 Å². The molecule has 20 heavy (non-hydrogen) atoms. The van der Waals surface area contributed by atoms with Crippen molar-refractivity contribution in [2.75, 3.05) is 5.32 Å². The molecule has 2 atom stereocenters. The van der Waals surface area contributed by atoms with Gasteiger partial charge in [-0.05, 0) is 31.7 Å². The molecule has 2 aliphatic rings. The summed E-state index contributed by atoms with van der Waals surface area (Å²) in [6, 6.07) is 2.44. The molecule has 2 N–H and O–H groups in total. The van der Waals surface area contributed by atoms with Crippen molar-refractivity contribution in [1.29, 1.82) is 0 Å². The minimum atomic E-state index is -1.18. The van der Waals surface area contributed by atoms with Crippen molar-refractivity contribution in [2.24, 2.45) is 0 Å². The Morgan fingerprint density at radius 2 is 1.90 bits per heavy atom. The van der Waals surface area contributed by atoms with E-state index in [9.17, 15) is 18.9 Å². The maximum atomic E-state index is 13.8. The van der Waals surface area contributed by atoms with E-state index < -0.39 is 22.2 Å². The van der Waals surface area contributed by atoms with Crippen LogP contribution in [0, 0.1) is 21.7 Å². The average molecular weight is 283 g/mol. The molecule has 0 amide bonds. The monoisotopic (exact) mass is 283 g/mol. The molecule has 7 heteroatoms. The molecule has 0 saturated carbocycles. The maximum absolute atomic E-state index is 13.8. The number of benzene rings is 1. The highest BCUT2D eigenvalue weighted by atomic mass is 19.2. The van der Waals surface area contributed by atoms with Crippen LogP contribution in [0.15, 0.2) is 12.1 Å². The largest absolute Gasteiger partial charge is 0.374 e. The lowest BCUT2D eigenvalue weighted by Gasteiger charge is -2.30. The van der Waals surface area contributed by atoms with Crippen LogP contribution in [0.4, 0.5) is 20.2 Å². The van der Waals surface area contributed by atoms with E-state index in [-0.39, 0.29) is 11.7 Å². The SMILES string of the molecule is O=[N+]([O-])c1ccc(F)c(F)c1NC1CC2CCC(C1)N2. The highest BCUT2D eigenvalue weighted by Crippen LogP contribution is 2.34. The van der Waals surface area contributed by atoms with E-state index in [2.05, 4.69) is 10.6 Å². The molecule has 0 aliphatic carbocycles. The summed E-state index contributed by atoms with van der Waals surface area (Å²) in [7, 11) is 0. The van der Waals surface area contributed by atoms with E-state index in [0.717, 1.165) is 37.8 Å². The topological polar surface area (TPSA) is 67.2 Å². The number of rotatable bonds is 3. The summed E-state index contributed by atoms with van der Waals surface area (Å²) < 4.78 is 27.1. The number of hydrogen-bond acceptors (Lipinski definition) is 4. The normalized spacial score (nSPS) is 28.4. The fourth-order valence-corrected chi connectivity index (χ4v) is 3.21. The standard InChI is InChI=1S/C13H15F2N3O2/c14-10-3-4-11(18(19)20)13(12(10)15)17-9-5-7-1-2-8(6-9)16-7/h3-4,7-9,16-17H,1-2,5-6H2. The summed E-state index contributed by atoms with van der Waals surface area (Å²) in [5, 5.41) is 17.2. The van der Waals surface area contributed by atoms with E-state index in [1.807, 2.05) is 0 Å². The van der Waals surface area contributed by atoms with Crippen molar-refractivity contribution in [3.05, 3.63) is 33.9 Å². The summed E-state index contributed by atoms with van der Waals surface area (Å²) in [6.07, 6.45) is 3.67. The third-order valence-electron chi connectivity index (χ3n) is 4.09. The van der Waals surface area contributed by atoms with Gasteiger partial charge in [-0.3, -0.25) is 10.1 Å². The predicted molar refractivity (Wildman–Crippen MR) is 69.6 cm³/mol. The van der Waals surface area contributed by atoms with Crippen LogP contribution in [-0.2, 0) is 0 Å². The zero-order chi connectivity index (χ0) is 14.3. The Morgan fingerprint density at radius 1 is 1.25 bits per heavy atom. The van der Waals surface area contributed by atoms with Crippen molar-refractivity contribution >= 4 is 11.4 Å². The molecule has 1 aromatic carbocycles. The quantitative estimate of drug-likeness (QED) is 0.661. The Hall–Kier alpha value is -1.76. The van der Waals surface area contributed by atoms with Gasteiger partial charge in [-0.2, -0.15) is 0 Å². The number of fused-ring (bicyclic) bond motifs is 2. The van der Waals surface area contributed by atoms with Gasteiger partial charge in [0.2, 0.25) is 0 Å². The third kappa shape index (κ3) is 2.33. The van der Waals surface area contributed by atoms with Crippen molar-refractivity contribution in [3.8, 4) is 0 Å². The molecule has 3 rings (SSSR count). The molecule has 2 bridgehead atoms. The number of nitro benzene ring substituents is 1. The van der Waals surface area contributed by atoms with E-state index in [1.165, 1.54) is 0 Å². The van der Waals surface area contributed by atoms with Gasteiger partial charge in [-0.25, -0.2) is 8.78 Å². The molecular weight excluding hydrogens is 268 g/mol. The zero-order valence-corrected chi connectivity index (χ0v) is 10.7. The van der Waals surface area contributed by atoms with Gasteiger partial charge in [-0.15, -0.1) is 0 Å². The van der Waals surface area contributed by atoms with Gasteiger partial charge in [-0.1, -0.05) is 0 Å². The Bertz CT molecular complexity index is 541. The van der Waals surface area contributed by atoms with E-state index in [0.29, 0.717) is 12.1 Å². The smallest absolute Gasteiger partial charge is 0.295 e. The Kier molecular flexibility index (Phi) is 3.29. The first-order chi connectivity index (χ1) is 9.54. The number of anilines is 1. The summed E-state index contributed by atoms with van der Waals surface area (Å²) in [5.41, 5.74) is -0.754. The first kappa shape index (κ1) is 13.2. The zero-order valence-electron chi connectivity index (χ0n) is 10.7. The Balaban J connectivity index is 1.86. The molecule has 2 fully saturated rings. The molecule has 2 unspecified atom stereocenters. The lowest BCUT2D eigenvalue weighted by Crippen LogP contribution is -2.43. The third-order valence-corrected chi connectivity index (χ3v) is 4.09. The lowest BCUT2D eigenvalue weighted by molar-refractivity contribution is -0.384. The molecule has 0 radical (unpaired) electrons. The van der Waals surface area contributed by atoms with Crippen LogP contribution in [0.25, 0.3) is 0 Å². The van der Waals surface area contributed by atoms with Crippen LogP contribution in [0.5, 0.6) is 0 Å². The first-order valence-corrected chi connectivity index (χ1v) is 6.69. The van der Waals surface area contributed by atoms with Crippen LogP contribution < -0.4 is 10.6 Å². The summed E-state index contributed by atoms with van der Waals surface area (Å²) >= 11 is 0.